The van der Waals surface area contributed by atoms with Crippen molar-refractivity contribution in [2.24, 2.45) is 5.92 Å². The van der Waals surface area contributed by atoms with Gasteiger partial charge < -0.3 is 4.74 Å². The van der Waals surface area contributed by atoms with Crippen LogP contribution in [0.5, 0.6) is 5.75 Å². The van der Waals surface area contributed by atoms with Crippen LogP contribution in [-0.4, -0.2) is 7.11 Å². The molecule has 158 valence electrons. The molecule has 0 atom stereocenters. The third-order valence-electron chi connectivity index (χ3n) is 6.73. The highest BCUT2D eigenvalue weighted by atomic mass is 19.1. The highest BCUT2D eigenvalue weighted by Crippen LogP contribution is 2.39. The van der Waals surface area contributed by atoms with E-state index in [4.69, 9.17) is 4.74 Å². The van der Waals surface area contributed by atoms with E-state index >= 15 is 4.39 Å². The maximum absolute atomic E-state index is 15.3. The molecule has 0 aliphatic heterocycles. The fraction of sp³-hybridized carbons (Fsp3) is 0.407. The molecule has 1 saturated carbocycles. The zero-order valence-corrected chi connectivity index (χ0v) is 17.9. The highest BCUT2D eigenvalue weighted by Gasteiger charge is 2.22. The van der Waals surface area contributed by atoms with Gasteiger partial charge in [0.15, 0.2) is 11.6 Å². The Morgan fingerprint density at radius 2 is 1.73 bits per heavy atom. The van der Waals surface area contributed by atoms with Crippen molar-refractivity contribution in [1.29, 1.82) is 0 Å². The number of methoxy groups -OCH3 is 1. The predicted molar refractivity (Wildman–Crippen MR) is 120 cm³/mol. The second-order valence-electron chi connectivity index (χ2n) is 8.62. The molecule has 1 nitrogen and oxygen atoms in total. The second kappa shape index (κ2) is 9.16. The van der Waals surface area contributed by atoms with Crippen molar-refractivity contribution in [2.75, 3.05) is 7.11 Å². The lowest BCUT2D eigenvalue weighted by Gasteiger charge is -2.29. The maximum atomic E-state index is 15.3. The lowest BCUT2D eigenvalue weighted by Crippen LogP contribution is -2.13. The van der Waals surface area contributed by atoms with Crippen LogP contribution in [0.4, 0.5) is 8.78 Å². The molecular formula is C27H30F2O. The van der Waals surface area contributed by atoms with E-state index in [2.05, 4.69) is 19.1 Å². The van der Waals surface area contributed by atoms with E-state index < -0.39 is 5.82 Å². The van der Waals surface area contributed by atoms with Crippen molar-refractivity contribution >= 4 is 10.8 Å². The third kappa shape index (κ3) is 4.21. The van der Waals surface area contributed by atoms with Gasteiger partial charge in [0, 0.05) is 10.9 Å². The lowest BCUT2D eigenvalue weighted by atomic mass is 9.77. The van der Waals surface area contributed by atoms with Crippen molar-refractivity contribution in [2.45, 2.75) is 57.8 Å². The van der Waals surface area contributed by atoms with E-state index in [1.54, 1.807) is 12.1 Å². The summed E-state index contributed by atoms with van der Waals surface area (Å²) in [6.45, 7) is 2.26. The zero-order chi connectivity index (χ0) is 21.1. The SMILES string of the molecule is CCCC[C@H]1CC[C@H](c2ccc3c(F)c(-c4ccc(OC)c(F)c4)ccc3c2)CC1. The summed E-state index contributed by atoms with van der Waals surface area (Å²) in [4.78, 5) is 0. The van der Waals surface area contributed by atoms with Gasteiger partial charge >= 0.3 is 0 Å². The minimum Gasteiger partial charge on any atom is -0.494 e. The number of halogens is 2. The van der Waals surface area contributed by atoms with Gasteiger partial charge in [-0.1, -0.05) is 62.6 Å². The molecule has 4 rings (SSSR count). The molecule has 1 aliphatic carbocycles. The summed E-state index contributed by atoms with van der Waals surface area (Å²) >= 11 is 0. The normalized spacial score (nSPS) is 19.2. The average Bonchev–Trinajstić information content (AvgIpc) is 2.78. The van der Waals surface area contributed by atoms with Gasteiger partial charge in [0.2, 0.25) is 0 Å². The van der Waals surface area contributed by atoms with Crippen LogP contribution < -0.4 is 4.74 Å². The number of unbranched alkanes of at least 4 members (excludes halogenated alkanes) is 1. The molecule has 0 aromatic heterocycles. The quantitative estimate of drug-likeness (QED) is 0.399. The second-order valence-corrected chi connectivity index (χ2v) is 8.62. The maximum Gasteiger partial charge on any atom is 0.165 e. The summed E-state index contributed by atoms with van der Waals surface area (Å²) in [7, 11) is 1.42. The molecule has 0 saturated heterocycles. The van der Waals surface area contributed by atoms with E-state index in [0.717, 1.165) is 11.3 Å². The topological polar surface area (TPSA) is 9.23 Å². The minimum atomic E-state index is -0.487. The van der Waals surface area contributed by atoms with Crippen LogP contribution in [-0.2, 0) is 0 Å². The molecule has 0 amide bonds. The van der Waals surface area contributed by atoms with Gasteiger partial charge in [0.05, 0.1) is 7.11 Å². The summed E-state index contributed by atoms with van der Waals surface area (Å²) in [5.41, 5.74) is 2.24. The van der Waals surface area contributed by atoms with Gasteiger partial charge in [-0.05, 0) is 66.2 Å². The molecule has 0 heterocycles. The van der Waals surface area contributed by atoms with E-state index in [9.17, 15) is 4.39 Å². The molecule has 30 heavy (non-hydrogen) atoms. The van der Waals surface area contributed by atoms with Crippen LogP contribution in [0.3, 0.4) is 0 Å². The average molecular weight is 409 g/mol. The largest absolute Gasteiger partial charge is 0.494 e. The van der Waals surface area contributed by atoms with Crippen LogP contribution in [0.15, 0.2) is 48.5 Å². The van der Waals surface area contributed by atoms with E-state index in [1.807, 2.05) is 12.1 Å². The first-order chi connectivity index (χ1) is 14.6. The van der Waals surface area contributed by atoms with Gasteiger partial charge in [-0.15, -0.1) is 0 Å². The molecule has 1 fully saturated rings. The molecule has 0 spiro atoms. The number of benzene rings is 3. The van der Waals surface area contributed by atoms with Crippen molar-refractivity contribution < 1.29 is 13.5 Å². The van der Waals surface area contributed by atoms with Crippen molar-refractivity contribution in [3.8, 4) is 16.9 Å². The monoisotopic (exact) mass is 408 g/mol. The van der Waals surface area contributed by atoms with Gasteiger partial charge in [-0.25, -0.2) is 8.78 Å². The van der Waals surface area contributed by atoms with E-state index in [0.29, 0.717) is 22.4 Å². The minimum absolute atomic E-state index is 0.161. The zero-order valence-electron chi connectivity index (χ0n) is 17.9. The molecular weight excluding hydrogens is 378 g/mol. The Kier molecular flexibility index (Phi) is 6.36. The summed E-state index contributed by atoms with van der Waals surface area (Å²) in [5.74, 6) is 0.831. The first kappa shape index (κ1) is 20.8. The van der Waals surface area contributed by atoms with Gasteiger partial charge in [-0.2, -0.15) is 0 Å². The fourth-order valence-electron chi connectivity index (χ4n) is 4.90. The molecule has 1 aliphatic rings. The number of fused-ring (bicyclic) bond motifs is 1. The first-order valence-electron chi connectivity index (χ1n) is 11.2. The molecule has 0 unspecified atom stereocenters. The Morgan fingerprint density at radius 1 is 0.933 bits per heavy atom. The van der Waals surface area contributed by atoms with Crippen LogP contribution in [0.25, 0.3) is 21.9 Å². The Hall–Kier alpha value is -2.42. The number of ether oxygens (including phenoxy) is 1. The summed E-state index contributed by atoms with van der Waals surface area (Å²) < 4.78 is 34.3. The van der Waals surface area contributed by atoms with Gasteiger partial charge in [0.25, 0.3) is 0 Å². The van der Waals surface area contributed by atoms with Crippen molar-refractivity contribution in [3.05, 3.63) is 65.7 Å². The summed E-state index contributed by atoms with van der Waals surface area (Å²) in [6.07, 6.45) is 9.04. The lowest BCUT2D eigenvalue weighted by molar-refractivity contribution is 0.304. The first-order valence-corrected chi connectivity index (χ1v) is 11.2. The molecule has 3 aromatic carbocycles. The van der Waals surface area contributed by atoms with E-state index in [-0.39, 0.29) is 11.6 Å². The number of hydrogen-bond donors (Lipinski definition) is 0. The number of hydrogen-bond acceptors (Lipinski definition) is 1. The third-order valence-corrected chi connectivity index (χ3v) is 6.73. The predicted octanol–water partition coefficient (Wildman–Crippen LogP) is 8.26. The molecule has 0 bridgehead atoms. The summed E-state index contributed by atoms with van der Waals surface area (Å²) in [6, 6.07) is 14.4. The van der Waals surface area contributed by atoms with Crippen LogP contribution in [0.1, 0.15) is 63.4 Å². The fourth-order valence-corrected chi connectivity index (χ4v) is 4.90. The van der Waals surface area contributed by atoms with Crippen molar-refractivity contribution in [1.82, 2.24) is 0 Å². The Morgan fingerprint density at radius 3 is 2.43 bits per heavy atom. The Balaban J connectivity index is 1.57. The van der Waals surface area contributed by atoms with Crippen LogP contribution in [0, 0.1) is 17.6 Å². The molecule has 3 heteroatoms. The van der Waals surface area contributed by atoms with Crippen LogP contribution in [0.2, 0.25) is 0 Å². The standard InChI is InChI=1S/C27H30F2O/c1-3-4-5-18-6-8-19(9-7-18)20-10-13-23-21(16-20)11-14-24(27(23)29)22-12-15-26(30-2)25(28)17-22/h10-19H,3-9H2,1-2H3/t18-,19-. The highest BCUT2D eigenvalue weighted by molar-refractivity contribution is 5.89. The van der Waals surface area contributed by atoms with Crippen molar-refractivity contribution in [3.63, 3.8) is 0 Å². The van der Waals surface area contributed by atoms with Crippen LogP contribution >= 0.6 is 0 Å². The molecule has 0 N–H and O–H groups in total. The van der Waals surface area contributed by atoms with E-state index in [1.165, 1.54) is 69.8 Å². The Bertz CT molecular complexity index is 1020. The smallest absolute Gasteiger partial charge is 0.165 e. The molecule has 0 radical (unpaired) electrons. The van der Waals surface area contributed by atoms with Gasteiger partial charge in [-0.3, -0.25) is 0 Å². The van der Waals surface area contributed by atoms with Gasteiger partial charge in [0.1, 0.15) is 5.82 Å². The summed E-state index contributed by atoms with van der Waals surface area (Å²) in [5, 5.41) is 1.50. The Labute approximate surface area is 178 Å². The number of rotatable bonds is 6. The molecule has 3 aromatic rings.